The standard InChI is InChI=1S/C16H16F3N3O/c17-16(18,19)11-5-3-4-10(8-11)9-12-14(15(20)23)21-13-6-1-2-7-22(12)13/h3-5,8H,1-2,6-7,9H2,(H2,20,23). The number of imidazole rings is 1. The molecular weight excluding hydrogens is 307 g/mol. The highest BCUT2D eigenvalue weighted by Crippen LogP contribution is 2.30. The maximum absolute atomic E-state index is 12.8. The number of carbonyl (C=O) groups is 1. The summed E-state index contributed by atoms with van der Waals surface area (Å²) in [5.41, 5.74) is 5.94. The van der Waals surface area contributed by atoms with Gasteiger partial charge in [0.2, 0.25) is 0 Å². The van der Waals surface area contributed by atoms with Crippen LogP contribution in [0.2, 0.25) is 0 Å². The molecule has 2 heterocycles. The van der Waals surface area contributed by atoms with Gasteiger partial charge in [0, 0.05) is 19.4 Å². The number of rotatable bonds is 3. The zero-order valence-electron chi connectivity index (χ0n) is 12.4. The van der Waals surface area contributed by atoms with Gasteiger partial charge in [-0.15, -0.1) is 0 Å². The van der Waals surface area contributed by atoms with Crippen LogP contribution in [0.25, 0.3) is 0 Å². The molecule has 3 rings (SSSR count). The monoisotopic (exact) mass is 323 g/mol. The minimum Gasteiger partial charge on any atom is -0.364 e. The van der Waals surface area contributed by atoms with Crippen LogP contribution in [0.5, 0.6) is 0 Å². The lowest BCUT2D eigenvalue weighted by Crippen LogP contribution is -2.17. The SMILES string of the molecule is NC(=O)c1nc2n(c1Cc1cccc(C(F)(F)F)c1)CCCC2. The summed E-state index contributed by atoms with van der Waals surface area (Å²) in [7, 11) is 0. The zero-order valence-corrected chi connectivity index (χ0v) is 12.4. The molecule has 0 unspecified atom stereocenters. The quantitative estimate of drug-likeness (QED) is 0.944. The lowest BCUT2D eigenvalue weighted by molar-refractivity contribution is -0.137. The largest absolute Gasteiger partial charge is 0.416 e. The van der Waals surface area contributed by atoms with Gasteiger partial charge in [-0.3, -0.25) is 4.79 Å². The van der Waals surface area contributed by atoms with E-state index in [-0.39, 0.29) is 12.1 Å². The van der Waals surface area contributed by atoms with E-state index in [1.54, 1.807) is 6.07 Å². The van der Waals surface area contributed by atoms with Gasteiger partial charge in [-0.25, -0.2) is 4.98 Å². The molecule has 1 aromatic heterocycles. The maximum atomic E-state index is 12.8. The van der Waals surface area contributed by atoms with E-state index in [1.165, 1.54) is 6.07 Å². The number of halogens is 3. The number of aromatic nitrogens is 2. The summed E-state index contributed by atoms with van der Waals surface area (Å²) in [6, 6.07) is 5.12. The summed E-state index contributed by atoms with van der Waals surface area (Å²) in [6.07, 6.45) is -1.49. The highest BCUT2D eigenvalue weighted by Gasteiger charge is 2.30. The Balaban J connectivity index is 2.00. The Morgan fingerprint density at radius 1 is 1.30 bits per heavy atom. The van der Waals surface area contributed by atoms with Crippen LogP contribution in [-0.2, 0) is 25.6 Å². The van der Waals surface area contributed by atoms with Gasteiger partial charge < -0.3 is 10.3 Å². The molecule has 122 valence electrons. The van der Waals surface area contributed by atoms with Crippen molar-refractivity contribution in [2.45, 2.75) is 38.4 Å². The summed E-state index contributed by atoms with van der Waals surface area (Å²) >= 11 is 0. The second kappa shape index (κ2) is 5.72. The number of hydrogen-bond donors (Lipinski definition) is 1. The minimum atomic E-state index is -4.39. The molecule has 7 heteroatoms. The molecule has 0 spiro atoms. The smallest absolute Gasteiger partial charge is 0.364 e. The van der Waals surface area contributed by atoms with E-state index in [0.717, 1.165) is 37.2 Å². The molecule has 1 aromatic carbocycles. The first kappa shape index (κ1) is 15.6. The second-order valence-corrected chi connectivity index (χ2v) is 5.67. The summed E-state index contributed by atoms with van der Waals surface area (Å²) < 4.78 is 40.4. The molecule has 1 amide bonds. The average Bonchev–Trinajstić information content (AvgIpc) is 2.86. The first-order chi connectivity index (χ1) is 10.9. The number of benzene rings is 1. The molecule has 0 bridgehead atoms. The Kier molecular flexibility index (Phi) is 3.87. The normalized spacial score (nSPS) is 14.6. The number of aryl methyl sites for hydroxylation is 1. The van der Waals surface area contributed by atoms with Crippen molar-refractivity contribution in [2.24, 2.45) is 5.73 Å². The highest BCUT2D eigenvalue weighted by molar-refractivity contribution is 5.92. The fraction of sp³-hybridized carbons (Fsp3) is 0.375. The van der Waals surface area contributed by atoms with Gasteiger partial charge in [0.05, 0.1) is 11.3 Å². The summed E-state index contributed by atoms with van der Waals surface area (Å²) in [6.45, 7) is 0.712. The van der Waals surface area contributed by atoms with Crippen molar-refractivity contribution in [1.29, 1.82) is 0 Å². The van der Waals surface area contributed by atoms with Gasteiger partial charge in [0.1, 0.15) is 11.5 Å². The van der Waals surface area contributed by atoms with Crippen LogP contribution in [0.3, 0.4) is 0 Å². The molecule has 23 heavy (non-hydrogen) atoms. The van der Waals surface area contributed by atoms with Crippen molar-refractivity contribution in [1.82, 2.24) is 9.55 Å². The Labute approximate surface area is 131 Å². The van der Waals surface area contributed by atoms with E-state index in [4.69, 9.17) is 5.73 Å². The van der Waals surface area contributed by atoms with Crippen LogP contribution in [0.1, 0.15) is 46.0 Å². The number of hydrogen-bond acceptors (Lipinski definition) is 2. The summed E-state index contributed by atoms with van der Waals surface area (Å²) in [5, 5.41) is 0. The van der Waals surface area contributed by atoms with Crippen molar-refractivity contribution in [3.8, 4) is 0 Å². The minimum absolute atomic E-state index is 0.166. The number of primary amides is 1. The predicted molar refractivity (Wildman–Crippen MR) is 77.9 cm³/mol. The van der Waals surface area contributed by atoms with Gasteiger partial charge in [0.15, 0.2) is 0 Å². The lowest BCUT2D eigenvalue weighted by atomic mass is 10.0. The van der Waals surface area contributed by atoms with Crippen LogP contribution in [0.15, 0.2) is 24.3 Å². The molecule has 4 nitrogen and oxygen atoms in total. The van der Waals surface area contributed by atoms with E-state index in [9.17, 15) is 18.0 Å². The van der Waals surface area contributed by atoms with E-state index < -0.39 is 17.6 Å². The molecule has 0 radical (unpaired) electrons. The molecule has 0 saturated carbocycles. The number of fused-ring (bicyclic) bond motifs is 1. The number of carbonyl (C=O) groups excluding carboxylic acids is 1. The lowest BCUT2D eigenvalue weighted by Gasteiger charge is -2.17. The fourth-order valence-electron chi connectivity index (χ4n) is 2.97. The zero-order chi connectivity index (χ0) is 16.6. The van der Waals surface area contributed by atoms with Crippen LogP contribution >= 0.6 is 0 Å². The van der Waals surface area contributed by atoms with Crippen LogP contribution < -0.4 is 5.73 Å². The van der Waals surface area contributed by atoms with Crippen molar-refractivity contribution >= 4 is 5.91 Å². The van der Waals surface area contributed by atoms with Gasteiger partial charge in [-0.05, 0) is 24.5 Å². The molecule has 2 N–H and O–H groups in total. The second-order valence-electron chi connectivity index (χ2n) is 5.67. The molecule has 0 fully saturated rings. The molecule has 0 atom stereocenters. The highest BCUT2D eigenvalue weighted by atomic mass is 19.4. The fourth-order valence-corrected chi connectivity index (χ4v) is 2.97. The number of amides is 1. The first-order valence-electron chi connectivity index (χ1n) is 7.40. The van der Waals surface area contributed by atoms with E-state index in [2.05, 4.69) is 4.98 Å². The van der Waals surface area contributed by atoms with Gasteiger partial charge >= 0.3 is 6.18 Å². The maximum Gasteiger partial charge on any atom is 0.416 e. The van der Waals surface area contributed by atoms with Crippen molar-refractivity contribution in [3.63, 3.8) is 0 Å². The van der Waals surface area contributed by atoms with Crippen molar-refractivity contribution in [3.05, 3.63) is 52.6 Å². The third-order valence-corrected chi connectivity index (χ3v) is 4.04. The molecule has 0 saturated heterocycles. The Morgan fingerprint density at radius 2 is 2.09 bits per heavy atom. The van der Waals surface area contributed by atoms with E-state index >= 15 is 0 Å². The van der Waals surface area contributed by atoms with Crippen molar-refractivity contribution < 1.29 is 18.0 Å². The summed E-state index contributed by atoms with van der Waals surface area (Å²) in [5.74, 6) is 0.140. The molecular formula is C16H16F3N3O. The molecule has 2 aromatic rings. The third kappa shape index (κ3) is 3.09. The third-order valence-electron chi connectivity index (χ3n) is 4.04. The number of alkyl halides is 3. The van der Waals surface area contributed by atoms with Crippen LogP contribution in [0, 0.1) is 0 Å². The average molecular weight is 323 g/mol. The molecule has 1 aliphatic rings. The van der Waals surface area contributed by atoms with Gasteiger partial charge in [-0.2, -0.15) is 13.2 Å². The van der Waals surface area contributed by atoms with Gasteiger partial charge in [0.25, 0.3) is 5.91 Å². The van der Waals surface area contributed by atoms with Gasteiger partial charge in [-0.1, -0.05) is 18.2 Å². The Hall–Kier alpha value is -2.31. The number of nitrogens with two attached hydrogens (primary N) is 1. The van der Waals surface area contributed by atoms with E-state index in [1.807, 2.05) is 4.57 Å². The topological polar surface area (TPSA) is 60.9 Å². The van der Waals surface area contributed by atoms with Crippen LogP contribution in [0.4, 0.5) is 13.2 Å². The van der Waals surface area contributed by atoms with E-state index in [0.29, 0.717) is 17.8 Å². The first-order valence-corrected chi connectivity index (χ1v) is 7.40. The molecule has 1 aliphatic heterocycles. The molecule has 0 aliphatic carbocycles. The van der Waals surface area contributed by atoms with Crippen molar-refractivity contribution in [2.75, 3.05) is 0 Å². The Bertz CT molecular complexity index is 750. The number of nitrogens with zero attached hydrogens (tertiary/aromatic N) is 2. The van der Waals surface area contributed by atoms with Crippen LogP contribution in [-0.4, -0.2) is 15.5 Å². The summed E-state index contributed by atoms with van der Waals surface area (Å²) in [4.78, 5) is 15.9. The predicted octanol–water partition coefficient (Wildman–Crippen LogP) is 2.93. The Morgan fingerprint density at radius 3 is 2.78 bits per heavy atom.